The van der Waals surface area contributed by atoms with Gasteiger partial charge in [0.25, 0.3) is 0 Å². The Morgan fingerprint density at radius 2 is 1.73 bits per heavy atom. The van der Waals surface area contributed by atoms with Gasteiger partial charge in [-0.25, -0.2) is 0 Å². The Hall–Kier alpha value is -0.000519. The van der Waals surface area contributed by atoms with Crippen molar-refractivity contribution < 1.29 is 0 Å². The molecule has 1 heteroatoms. The van der Waals surface area contributed by atoms with E-state index in [0.717, 1.165) is 0 Å². The van der Waals surface area contributed by atoms with E-state index in [4.69, 9.17) is 0 Å². The fraction of sp³-hybridized carbons (Fsp3) is 0.600. The zero-order chi connectivity index (χ0) is 8.65. The van der Waals surface area contributed by atoms with Crippen LogP contribution in [0.3, 0.4) is 0 Å². The topological polar surface area (TPSA) is 0 Å². The monoisotopic (exact) mass is 216 g/mol. The molecule has 1 rings (SSSR count). The summed E-state index contributed by atoms with van der Waals surface area (Å²) in [5.41, 5.74) is 3.42. The predicted molar refractivity (Wildman–Crippen MR) is 51.6 cm³/mol. The summed E-state index contributed by atoms with van der Waals surface area (Å²) in [6.45, 7) is 11.4. The molecule has 0 aliphatic rings. The van der Waals surface area contributed by atoms with Crippen molar-refractivity contribution in [2.24, 2.45) is 0 Å². The molecule has 0 nitrogen and oxygen atoms in total. The first-order chi connectivity index (χ1) is 4.93. The summed E-state index contributed by atoms with van der Waals surface area (Å²) in [6.07, 6.45) is 0. The summed E-state index contributed by atoms with van der Waals surface area (Å²) in [7, 11) is 0. The molecule has 0 aliphatic carbocycles. The molecule has 0 unspecified atom stereocenters. The van der Waals surface area contributed by atoms with Crippen LogP contribution in [0.15, 0.2) is 4.94 Å². The number of aryl methyl sites for hydroxylation is 1. The molecule has 1 heterocycles. The van der Waals surface area contributed by atoms with Gasteiger partial charge < -0.3 is 0 Å². The van der Waals surface area contributed by atoms with Crippen LogP contribution < -0.4 is 0 Å². The average molecular weight is 215 g/mol. The van der Waals surface area contributed by atoms with Crippen LogP contribution in [0.5, 0.6) is 0 Å². The second kappa shape index (κ2) is 2.80. The van der Waals surface area contributed by atoms with E-state index in [1.54, 1.807) is 4.44 Å². The van der Waals surface area contributed by atoms with Crippen LogP contribution in [0.25, 0.3) is 0 Å². The average Bonchev–Trinajstić information content (AvgIpc) is 2.11. The van der Waals surface area contributed by atoms with Gasteiger partial charge >= 0.3 is 75.0 Å². The first-order valence-electron chi connectivity index (χ1n) is 3.98. The summed E-state index contributed by atoms with van der Waals surface area (Å²) >= 11 is 0.631. The van der Waals surface area contributed by atoms with Crippen molar-refractivity contribution in [1.82, 2.24) is 0 Å². The Labute approximate surface area is 75.4 Å². The van der Waals surface area contributed by atoms with Crippen LogP contribution in [-0.4, -0.2) is 14.5 Å². The van der Waals surface area contributed by atoms with Gasteiger partial charge in [0.15, 0.2) is 0 Å². The Kier molecular flexibility index (Phi) is 2.32. The molecular formula is C10H16Se. The first-order valence-corrected chi connectivity index (χ1v) is 5.82. The zero-order valence-electron chi connectivity index (χ0n) is 7.99. The van der Waals surface area contributed by atoms with Crippen LogP contribution in [-0.2, 0) is 5.41 Å². The van der Waals surface area contributed by atoms with Crippen LogP contribution in [0.2, 0.25) is 0 Å². The van der Waals surface area contributed by atoms with E-state index in [2.05, 4.69) is 39.6 Å². The first kappa shape index (κ1) is 9.09. The second-order valence-electron chi connectivity index (χ2n) is 4.12. The van der Waals surface area contributed by atoms with Gasteiger partial charge in [-0.3, -0.25) is 0 Å². The molecule has 0 radical (unpaired) electrons. The van der Waals surface area contributed by atoms with Crippen molar-refractivity contribution in [3.05, 3.63) is 20.5 Å². The molecule has 0 saturated carbocycles. The van der Waals surface area contributed by atoms with E-state index < -0.39 is 0 Å². The van der Waals surface area contributed by atoms with Crippen LogP contribution in [0.4, 0.5) is 0 Å². The standard InChI is InChI=1S/C10H16Se/c1-7-6-11-9(8(7)2)10(3,4)5/h6H,1-5H3. The quantitative estimate of drug-likeness (QED) is 0.584. The Morgan fingerprint density at radius 3 is 1.91 bits per heavy atom. The minimum absolute atomic E-state index is 0.387. The van der Waals surface area contributed by atoms with Gasteiger partial charge in [-0.05, 0) is 0 Å². The van der Waals surface area contributed by atoms with Gasteiger partial charge in [-0.15, -0.1) is 0 Å². The van der Waals surface area contributed by atoms with Gasteiger partial charge in [0.05, 0.1) is 0 Å². The second-order valence-corrected chi connectivity index (χ2v) is 5.97. The molecule has 0 saturated heterocycles. The van der Waals surface area contributed by atoms with Crippen molar-refractivity contribution in [3.63, 3.8) is 0 Å². The van der Waals surface area contributed by atoms with E-state index in [0.29, 0.717) is 19.9 Å². The molecule has 0 atom stereocenters. The molecule has 0 N–H and O–H groups in total. The molecule has 0 bridgehead atoms. The van der Waals surface area contributed by atoms with Gasteiger partial charge in [-0.1, -0.05) is 0 Å². The fourth-order valence-electron chi connectivity index (χ4n) is 1.24. The Morgan fingerprint density at radius 1 is 1.18 bits per heavy atom. The molecule has 0 fully saturated rings. The molecule has 1 aromatic heterocycles. The van der Waals surface area contributed by atoms with Crippen LogP contribution >= 0.6 is 0 Å². The summed E-state index contributed by atoms with van der Waals surface area (Å²) in [4.78, 5) is 2.39. The molecule has 0 spiro atoms. The molecule has 0 aliphatic heterocycles. The Balaban J connectivity index is 3.15. The molecule has 62 valence electrons. The van der Waals surface area contributed by atoms with Crippen molar-refractivity contribution in [2.45, 2.75) is 40.0 Å². The van der Waals surface area contributed by atoms with Crippen molar-refractivity contribution >= 4 is 14.5 Å². The number of rotatable bonds is 0. The molecule has 11 heavy (non-hydrogen) atoms. The maximum absolute atomic E-state index is 2.39. The van der Waals surface area contributed by atoms with Crippen molar-refractivity contribution in [3.8, 4) is 0 Å². The Bertz CT molecular complexity index is 250. The summed E-state index contributed by atoms with van der Waals surface area (Å²) in [6, 6.07) is 0. The fourth-order valence-corrected chi connectivity index (χ4v) is 3.68. The van der Waals surface area contributed by atoms with Gasteiger partial charge in [0, 0.05) is 0 Å². The van der Waals surface area contributed by atoms with Gasteiger partial charge in [0.2, 0.25) is 0 Å². The van der Waals surface area contributed by atoms with E-state index >= 15 is 0 Å². The minimum atomic E-state index is 0.387. The maximum atomic E-state index is 2.39. The van der Waals surface area contributed by atoms with Crippen LogP contribution in [0.1, 0.15) is 36.3 Å². The number of hydrogen-bond donors (Lipinski definition) is 0. The van der Waals surface area contributed by atoms with Crippen molar-refractivity contribution in [1.29, 1.82) is 0 Å². The van der Waals surface area contributed by atoms with Gasteiger partial charge in [0.1, 0.15) is 0 Å². The van der Waals surface area contributed by atoms with E-state index in [9.17, 15) is 0 Å². The van der Waals surface area contributed by atoms with Gasteiger partial charge in [-0.2, -0.15) is 0 Å². The zero-order valence-corrected chi connectivity index (χ0v) is 9.70. The predicted octanol–water partition coefficient (Wildman–Crippen LogP) is 2.66. The SMILES string of the molecule is Cc1c[se]c(C(C)(C)C)c1C. The molecule has 1 aromatic rings. The number of hydrogen-bond acceptors (Lipinski definition) is 0. The summed E-state index contributed by atoms with van der Waals surface area (Å²) < 4.78 is 1.67. The van der Waals surface area contributed by atoms with E-state index in [-0.39, 0.29) is 0 Å². The summed E-state index contributed by atoms with van der Waals surface area (Å²) in [5, 5.41) is 0. The third-order valence-corrected chi connectivity index (χ3v) is 5.38. The molecular weight excluding hydrogens is 199 g/mol. The normalized spacial score (nSPS) is 12.1. The third kappa shape index (κ3) is 1.77. The van der Waals surface area contributed by atoms with Crippen molar-refractivity contribution in [2.75, 3.05) is 0 Å². The summed E-state index contributed by atoms with van der Waals surface area (Å²) in [5.74, 6) is 0. The third-order valence-electron chi connectivity index (χ3n) is 1.97. The molecule has 0 aromatic carbocycles. The molecule has 0 amide bonds. The van der Waals surface area contributed by atoms with E-state index in [1.165, 1.54) is 11.1 Å². The van der Waals surface area contributed by atoms with Crippen LogP contribution in [0, 0.1) is 13.8 Å². The van der Waals surface area contributed by atoms with E-state index in [1.807, 2.05) is 0 Å².